The Kier molecular flexibility index (Phi) is 4.52. The van der Waals surface area contributed by atoms with E-state index in [2.05, 4.69) is 26.2 Å². The molecular formula is C14H13BrN2O2. The Morgan fingerprint density at radius 3 is 2.79 bits per heavy atom. The maximum atomic E-state index is 11.7. The lowest BCUT2D eigenvalue weighted by molar-refractivity contribution is -0.118. The zero-order valence-electron chi connectivity index (χ0n) is 10.4. The van der Waals surface area contributed by atoms with Crippen molar-refractivity contribution in [1.82, 2.24) is 4.98 Å². The highest BCUT2D eigenvalue weighted by molar-refractivity contribution is 9.10. The number of para-hydroxylation sites is 1. The minimum atomic E-state index is -0.215. The number of anilines is 1. The predicted molar refractivity (Wildman–Crippen MR) is 77.2 cm³/mol. The summed E-state index contributed by atoms with van der Waals surface area (Å²) in [6.45, 7) is 1.88. The van der Waals surface area contributed by atoms with Crippen LogP contribution in [0.1, 0.15) is 5.56 Å². The van der Waals surface area contributed by atoms with Crippen LogP contribution < -0.4 is 10.1 Å². The van der Waals surface area contributed by atoms with E-state index in [0.29, 0.717) is 11.4 Å². The van der Waals surface area contributed by atoms with Gasteiger partial charge in [0.25, 0.3) is 5.91 Å². The molecule has 1 aromatic carbocycles. The highest BCUT2D eigenvalue weighted by Crippen LogP contribution is 2.16. The van der Waals surface area contributed by atoms with Gasteiger partial charge in [-0.3, -0.25) is 4.79 Å². The number of nitrogens with zero attached hydrogens (tertiary/aromatic N) is 1. The van der Waals surface area contributed by atoms with E-state index in [9.17, 15) is 4.79 Å². The van der Waals surface area contributed by atoms with Gasteiger partial charge in [0.15, 0.2) is 6.61 Å². The van der Waals surface area contributed by atoms with Gasteiger partial charge in [0.05, 0.1) is 11.9 Å². The van der Waals surface area contributed by atoms with E-state index in [-0.39, 0.29) is 12.5 Å². The molecule has 0 radical (unpaired) electrons. The quantitative estimate of drug-likeness (QED) is 0.880. The Morgan fingerprint density at radius 1 is 1.37 bits per heavy atom. The van der Waals surface area contributed by atoms with Gasteiger partial charge in [-0.05, 0) is 46.6 Å². The smallest absolute Gasteiger partial charge is 0.262 e. The van der Waals surface area contributed by atoms with Gasteiger partial charge in [0.1, 0.15) is 10.4 Å². The summed E-state index contributed by atoms with van der Waals surface area (Å²) in [6.07, 6.45) is 1.59. The number of amides is 1. The lowest BCUT2D eigenvalue weighted by Gasteiger charge is -2.08. The first-order valence-corrected chi connectivity index (χ1v) is 6.54. The molecule has 0 aliphatic rings. The lowest BCUT2D eigenvalue weighted by atomic mass is 10.3. The molecule has 1 heterocycles. The van der Waals surface area contributed by atoms with Gasteiger partial charge >= 0.3 is 0 Å². The van der Waals surface area contributed by atoms with Crippen molar-refractivity contribution in [3.05, 3.63) is 52.8 Å². The average Bonchev–Trinajstić information content (AvgIpc) is 2.42. The summed E-state index contributed by atoms with van der Waals surface area (Å²) in [7, 11) is 0. The molecular weight excluding hydrogens is 308 g/mol. The van der Waals surface area contributed by atoms with Crippen LogP contribution >= 0.6 is 15.9 Å². The summed E-state index contributed by atoms with van der Waals surface area (Å²) in [4.78, 5) is 15.8. The standard InChI is InChI=1S/C14H13BrN2O2/c1-10-7-11(8-16-14(10)15)17-13(18)9-19-12-5-3-2-4-6-12/h2-8H,9H2,1H3,(H,17,18). The highest BCUT2D eigenvalue weighted by atomic mass is 79.9. The third-order valence-corrected chi connectivity index (χ3v) is 3.24. The monoisotopic (exact) mass is 320 g/mol. The van der Waals surface area contributed by atoms with Crippen LogP contribution in [0.15, 0.2) is 47.2 Å². The van der Waals surface area contributed by atoms with Gasteiger partial charge in [-0.15, -0.1) is 0 Å². The van der Waals surface area contributed by atoms with Gasteiger partial charge in [0.2, 0.25) is 0 Å². The minimum Gasteiger partial charge on any atom is -0.484 e. The number of ether oxygens (including phenoxy) is 1. The molecule has 0 saturated heterocycles. The molecule has 1 amide bonds. The average molecular weight is 321 g/mol. The van der Waals surface area contributed by atoms with Crippen LogP contribution in [0.3, 0.4) is 0 Å². The summed E-state index contributed by atoms with van der Waals surface area (Å²) in [5.74, 6) is 0.454. The fourth-order valence-electron chi connectivity index (χ4n) is 1.49. The van der Waals surface area contributed by atoms with E-state index < -0.39 is 0 Å². The van der Waals surface area contributed by atoms with E-state index in [1.165, 1.54) is 0 Å². The fourth-order valence-corrected chi connectivity index (χ4v) is 1.71. The maximum Gasteiger partial charge on any atom is 0.262 e. The van der Waals surface area contributed by atoms with Crippen LogP contribution in [0, 0.1) is 6.92 Å². The van der Waals surface area contributed by atoms with Crippen molar-refractivity contribution in [3.63, 3.8) is 0 Å². The first kappa shape index (κ1) is 13.5. The van der Waals surface area contributed by atoms with E-state index in [4.69, 9.17) is 4.74 Å². The molecule has 1 aromatic heterocycles. The normalized spacial score (nSPS) is 10.0. The summed E-state index contributed by atoms with van der Waals surface area (Å²) in [6, 6.07) is 11.1. The third kappa shape index (κ3) is 4.06. The second kappa shape index (κ2) is 6.33. The number of carbonyl (C=O) groups excluding carboxylic acids is 1. The number of pyridine rings is 1. The number of halogens is 1. The topological polar surface area (TPSA) is 51.2 Å². The van der Waals surface area contributed by atoms with Gasteiger partial charge in [-0.2, -0.15) is 0 Å². The van der Waals surface area contributed by atoms with Crippen LogP contribution in [-0.4, -0.2) is 17.5 Å². The summed E-state index contributed by atoms with van der Waals surface area (Å²) in [5, 5.41) is 2.73. The number of aromatic nitrogens is 1. The van der Waals surface area contributed by atoms with Crippen molar-refractivity contribution in [2.75, 3.05) is 11.9 Å². The second-order valence-electron chi connectivity index (χ2n) is 3.98. The molecule has 98 valence electrons. The first-order valence-electron chi connectivity index (χ1n) is 5.75. The first-order chi connectivity index (χ1) is 9.15. The number of hydrogen-bond acceptors (Lipinski definition) is 3. The summed E-state index contributed by atoms with van der Waals surface area (Å²) >= 11 is 3.31. The molecule has 4 nitrogen and oxygen atoms in total. The van der Waals surface area contributed by atoms with Crippen LogP contribution in [0.2, 0.25) is 0 Å². The Bertz CT molecular complexity index is 573. The number of aryl methyl sites for hydroxylation is 1. The van der Waals surface area contributed by atoms with E-state index in [1.54, 1.807) is 18.3 Å². The van der Waals surface area contributed by atoms with Crippen LogP contribution in [0.5, 0.6) is 5.75 Å². The summed E-state index contributed by atoms with van der Waals surface area (Å²) < 4.78 is 6.12. The molecule has 0 atom stereocenters. The van der Waals surface area contributed by atoms with E-state index in [0.717, 1.165) is 10.2 Å². The summed E-state index contributed by atoms with van der Waals surface area (Å²) in [5.41, 5.74) is 1.61. The zero-order valence-corrected chi connectivity index (χ0v) is 12.0. The third-order valence-electron chi connectivity index (χ3n) is 2.41. The molecule has 0 saturated carbocycles. The lowest BCUT2D eigenvalue weighted by Crippen LogP contribution is -2.20. The molecule has 2 rings (SSSR count). The molecule has 0 aliphatic carbocycles. The molecule has 5 heteroatoms. The van der Waals surface area contributed by atoms with Crippen LogP contribution in [-0.2, 0) is 4.79 Å². The predicted octanol–water partition coefficient (Wildman–Crippen LogP) is 3.17. The highest BCUT2D eigenvalue weighted by Gasteiger charge is 2.05. The Balaban J connectivity index is 1.89. The van der Waals surface area contributed by atoms with Crippen molar-refractivity contribution in [2.24, 2.45) is 0 Å². The van der Waals surface area contributed by atoms with Crippen molar-refractivity contribution < 1.29 is 9.53 Å². The van der Waals surface area contributed by atoms with Gasteiger partial charge in [0, 0.05) is 0 Å². The van der Waals surface area contributed by atoms with Crippen molar-refractivity contribution in [2.45, 2.75) is 6.92 Å². The Hall–Kier alpha value is -1.88. The molecule has 0 bridgehead atoms. The second-order valence-corrected chi connectivity index (χ2v) is 4.73. The largest absolute Gasteiger partial charge is 0.484 e. The maximum absolute atomic E-state index is 11.7. The van der Waals surface area contributed by atoms with Crippen molar-refractivity contribution in [1.29, 1.82) is 0 Å². The van der Waals surface area contributed by atoms with E-state index >= 15 is 0 Å². The Morgan fingerprint density at radius 2 is 2.11 bits per heavy atom. The molecule has 0 aliphatic heterocycles. The van der Waals surface area contributed by atoms with Crippen LogP contribution in [0.25, 0.3) is 0 Å². The van der Waals surface area contributed by atoms with Gasteiger partial charge < -0.3 is 10.1 Å². The number of hydrogen-bond donors (Lipinski definition) is 1. The molecule has 0 spiro atoms. The van der Waals surface area contributed by atoms with E-state index in [1.807, 2.05) is 31.2 Å². The molecule has 19 heavy (non-hydrogen) atoms. The fraction of sp³-hybridized carbons (Fsp3) is 0.143. The Labute approximate surface area is 119 Å². The number of nitrogens with one attached hydrogen (secondary N) is 1. The van der Waals surface area contributed by atoms with Crippen LogP contribution in [0.4, 0.5) is 5.69 Å². The number of carbonyl (C=O) groups is 1. The molecule has 0 fully saturated rings. The van der Waals surface area contributed by atoms with Crippen molar-refractivity contribution >= 4 is 27.5 Å². The number of benzene rings is 1. The molecule has 1 N–H and O–H groups in total. The van der Waals surface area contributed by atoms with Gasteiger partial charge in [-0.25, -0.2) is 4.98 Å². The minimum absolute atomic E-state index is 0.0286. The number of rotatable bonds is 4. The molecule has 0 unspecified atom stereocenters. The molecule has 2 aromatic rings. The zero-order chi connectivity index (χ0) is 13.7. The SMILES string of the molecule is Cc1cc(NC(=O)COc2ccccc2)cnc1Br. The van der Waals surface area contributed by atoms with Crippen molar-refractivity contribution in [3.8, 4) is 5.75 Å². The van der Waals surface area contributed by atoms with Gasteiger partial charge in [-0.1, -0.05) is 18.2 Å².